The van der Waals surface area contributed by atoms with Gasteiger partial charge < -0.3 is 4.74 Å². The van der Waals surface area contributed by atoms with Crippen molar-refractivity contribution < 1.29 is 9.72 Å². The fraction of sp³-hybridized carbons (Fsp3) is 0.500. The highest BCUT2D eigenvalue weighted by Gasteiger charge is 2.25. The maximum atomic E-state index is 5.24. The standard InChI is InChI=1S/C10H15NO/c1-10(2,3)9-8(12-4)6-5-7-11-9/h5-7H,1-4H3/p+1. The molecule has 66 valence electrons. The zero-order valence-corrected chi connectivity index (χ0v) is 8.14. The van der Waals surface area contributed by atoms with Crippen LogP contribution in [-0.4, -0.2) is 7.11 Å². The van der Waals surface area contributed by atoms with Gasteiger partial charge in [-0.25, -0.2) is 4.98 Å². The molecule has 0 saturated carbocycles. The summed E-state index contributed by atoms with van der Waals surface area (Å²) in [7, 11) is 1.69. The number of hydrogen-bond donors (Lipinski definition) is 0. The fourth-order valence-electron chi connectivity index (χ4n) is 1.18. The highest BCUT2D eigenvalue weighted by molar-refractivity contribution is 5.27. The summed E-state index contributed by atoms with van der Waals surface area (Å²) in [4.78, 5) is 3.20. The smallest absolute Gasteiger partial charge is 0.227 e. The van der Waals surface area contributed by atoms with Gasteiger partial charge in [0.15, 0.2) is 11.9 Å². The maximum absolute atomic E-state index is 5.24. The van der Waals surface area contributed by atoms with E-state index < -0.39 is 0 Å². The first-order valence-electron chi connectivity index (χ1n) is 4.11. The van der Waals surface area contributed by atoms with Crippen molar-refractivity contribution in [1.29, 1.82) is 0 Å². The third-order valence-electron chi connectivity index (χ3n) is 1.79. The topological polar surface area (TPSA) is 23.4 Å². The lowest BCUT2D eigenvalue weighted by Crippen LogP contribution is -2.24. The Morgan fingerprint density at radius 1 is 1.33 bits per heavy atom. The largest absolute Gasteiger partial charge is 0.491 e. The number of methoxy groups -OCH3 is 1. The lowest BCUT2D eigenvalue weighted by Gasteiger charge is -2.14. The molecule has 0 aliphatic heterocycles. The van der Waals surface area contributed by atoms with E-state index in [1.807, 2.05) is 18.3 Å². The van der Waals surface area contributed by atoms with E-state index in [-0.39, 0.29) is 5.41 Å². The summed E-state index contributed by atoms with van der Waals surface area (Å²) in [5, 5.41) is 0. The van der Waals surface area contributed by atoms with Crippen molar-refractivity contribution >= 4 is 0 Å². The van der Waals surface area contributed by atoms with Gasteiger partial charge in [0.05, 0.1) is 12.5 Å². The van der Waals surface area contributed by atoms with Crippen LogP contribution in [-0.2, 0) is 5.41 Å². The summed E-state index contributed by atoms with van der Waals surface area (Å²) in [5.41, 5.74) is 1.24. The van der Waals surface area contributed by atoms with Gasteiger partial charge in [-0.15, -0.1) is 0 Å². The number of nitrogens with one attached hydrogen (secondary N) is 1. The third-order valence-corrected chi connectivity index (χ3v) is 1.79. The van der Waals surface area contributed by atoms with Crippen molar-refractivity contribution in [2.45, 2.75) is 26.2 Å². The molecule has 1 aromatic rings. The molecule has 0 spiro atoms. The van der Waals surface area contributed by atoms with Gasteiger partial charge in [-0.3, -0.25) is 0 Å². The second kappa shape index (κ2) is 3.13. The number of aromatic amines is 1. The monoisotopic (exact) mass is 166 g/mol. The van der Waals surface area contributed by atoms with Crippen LogP contribution < -0.4 is 9.72 Å². The average molecular weight is 166 g/mol. The van der Waals surface area contributed by atoms with Crippen LogP contribution in [0.1, 0.15) is 26.5 Å². The Morgan fingerprint density at radius 2 is 2.00 bits per heavy atom. The first-order valence-corrected chi connectivity index (χ1v) is 4.11. The molecule has 0 fully saturated rings. The van der Waals surface area contributed by atoms with Gasteiger partial charge in [0, 0.05) is 6.07 Å². The molecule has 0 radical (unpaired) electrons. The quantitative estimate of drug-likeness (QED) is 0.624. The van der Waals surface area contributed by atoms with Gasteiger partial charge in [0.1, 0.15) is 0 Å². The summed E-state index contributed by atoms with van der Waals surface area (Å²) in [6, 6.07) is 3.91. The molecule has 1 heterocycles. The zero-order chi connectivity index (χ0) is 9.19. The molecule has 0 aromatic carbocycles. The van der Waals surface area contributed by atoms with Crippen LogP contribution in [0, 0.1) is 0 Å². The maximum Gasteiger partial charge on any atom is 0.227 e. The Balaban J connectivity index is 3.14. The molecule has 12 heavy (non-hydrogen) atoms. The molecule has 1 rings (SSSR count). The first-order chi connectivity index (χ1) is 5.55. The van der Waals surface area contributed by atoms with Gasteiger partial charge in [0.25, 0.3) is 0 Å². The van der Waals surface area contributed by atoms with Crippen molar-refractivity contribution in [3.8, 4) is 5.75 Å². The predicted octanol–water partition coefficient (Wildman–Crippen LogP) is 1.81. The Labute approximate surface area is 73.6 Å². The molecule has 0 unspecified atom stereocenters. The van der Waals surface area contributed by atoms with Crippen LogP contribution >= 0.6 is 0 Å². The van der Waals surface area contributed by atoms with Crippen LogP contribution in [0.15, 0.2) is 18.3 Å². The van der Waals surface area contributed by atoms with E-state index in [2.05, 4.69) is 25.8 Å². The van der Waals surface area contributed by atoms with Crippen LogP contribution in [0.4, 0.5) is 0 Å². The van der Waals surface area contributed by atoms with Crippen LogP contribution in [0.25, 0.3) is 0 Å². The molecule has 0 atom stereocenters. The number of pyridine rings is 1. The molecule has 0 saturated heterocycles. The normalized spacial score (nSPS) is 11.3. The van der Waals surface area contributed by atoms with Crippen molar-refractivity contribution in [1.82, 2.24) is 0 Å². The van der Waals surface area contributed by atoms with E-state index in [0.29, 0.717) is 0 Å². The van der Waals surface area contributed by atoms with Gasteiger partial charge in [-0.2, -0.15) is 0 Å². The highest BCUT2D eigenvalue weighted by atomic mass is 16.5. The minimum absolute atomic E-state index is 0.104. The molecule has 0 aliphatic rings. The lowest BCUT2D eigenvalue weighted by molar-refractivity contribution is -0.397. The van der Waals surface area contributed by atoms with Crippen LogP contribution in [0.2, 0.25) is 0 Å². The average Bonchev–Trinajstić information content (AvgIpc) is 2.03. The minimum Gasteiger partial charge on any atom is -0.491 e. The van der Waals surface area contributed by atoms with Crippen molar-refractivity contribution in [2.24, 2.45) is 0 Å². The molecule has 1 N–H and O–H groups in total. The highest BCUT2D eigenvalue weighted by Crippen LogP contribution is 2.25. The second-order valence-electron chi connectivity index (χ2n) is 3.86. The van der Waals surface area contributed by atoms with Crippen LogP contribution in [0.5, 0.6) is 5.75 Å². The molecule has 2 nitrogen and oxygen atoms in total. The molecule has 1 aromatic heterocycles. The van der Waals surface area contributed by atoms with Crippen LogP contribution in [0.3, 0.4) is 0 Å². The minimum atomic E-state index is 0.104. The zero-order valence-electron chi connectivity index (χ0n) is 8.14. The molecular formula is C10H16NO+. The third kappa shape index (κ3) is 1.76. The summed E-state index contributed by atoms with van der Waals surface area (Å²) in [6.07, 6.45) is 1.92. The number of H-pyrrole nitrogens is 1. The van der Waals surface area contributed by atoms with Gasteiger partial charge in [0.2, 0.25) is 5.69 Å². The van der Waals surface area contributed by atoms with E-state index >= 15 is 0 Å². The molecule has 0 amide bonds. The molecule has 0 aliphatic carbocycles. The van der Waals surface area contributed by atoms with E-state index in [9.17, 15) is 0 Å². The molecular weight excluding hydrogens is 150 g/mol. The summed E-state index contributed by atoms with van der Waals surface area (Å²) in [5.74, 6) is 0.921. The van der Waals surface area contributed by atoms with E-state index in [4.69, 9.17) is 4.74 Å². The van der Waals surface area contributed by atoms with E-state index in [1.165, 1.54) is 0 Å². The van der Waals surface area contributed by atoms with Gasteiger partial charge >= 0.3 is 0 Å². The Kier molecular flexibility index (Phi) is 2.36. The van der Waals surface area contributed by atoms with Crippen molar-refractivity contribution in [3.05, 3.63) is 24.0 Å². The van der Waals surface area contributed by atoms with Gasteiger partial charge in [-0.1, -0.05) is 20.8 Å². The fourth-order valence-corrected chi connectivity index (χ4v) is 1.18. The number of aromatic nitrogens is 1. The number of rotatable bonds is 1. The van der Waals surface area contributed by atoms with Crippen molar-refractivity contribution in [2.75, 3.05) is 7.11 Å². The van der Waals surface area contributed by atoms with Crippen molar-refractivity contribution in [3.63, 3.8) is 0 Å². The number of hydrogen-bond acceptors (Lipinski definition) is 1. The Hall–Kier alpha value is -1.05. The molecule has 2 heteroatoms. The van der Waals surface area contributed by atoms with Gasteiger partial charge in [-0.05, 0) is 6.07 Å². The Bertz CT molecular complexity index is 263. The Morgan fingerprint density at radius 3 is 2.42 bits per heavy atom. The predicted molar refractivity (Wildman–Crippen MR) is 48.2 cm³/mol. The summed E-state index contributed by atoms with van der Waals surface area (Å²) < 4.78 is 5.24. The summed E-state index contributed by atoms with van der Waals surface area (Å²) in [6.45, 7) is 6.46. The van der Waals surface area contributed by atoms with E-state index in [0.717, 1.165) is 11.4 Å². The summed E-state index contributed by atoms with van der Waals surface area (Å²) >= 11 is 0. The SMILES string of the molecule is COc1ccc[nH+]c1C(C)(C)C. The van der Waals surface area contributed by atoms with E-state index in [1.54, 1.807) is 7.11 Å². The molecule has 0 bridgehead atoms. The number of ether oxygens (including phenoxy) is 1. The second-order valence-corrected chi connectivity index (χ2v) is 3.86. The lowest BCUT2D eigenvalue weighted by atomic mass is 9.91. The first kappa shape index (κ1) is 9.04.